The van der Waals surface area contributed by atoms with Crippen molar-refractivity contribution in [3.8, 4) is 17.1 Å². The fraction of sp³-hybridized carbons (Fsp3) is 0.211. The topological polar surface area (TPSA) is 79.1 Å². The molecule has 0 radical (unpaired) electrons. The van der Waals surface area contributed by atoms with Gasteiger partial charge in [0.1, 0.15) is 17.3 Å². The van der Waals surface area contributed by atoms with Crippen molar-refractivity contribution in [2.24, 2.45) is 0 Å². The van der Waals surface area contributed by atoms with E-state index >= 15 is 0 Å². The van der Waals surface area contributed by atoms with Gasteiger partial charge >= 0.3 is 0 Å². The standard InChI is InChI=1S/C19H18N4O3S/c1-13-9-15(22-26-13)12-27-19-21-20-18(14-5-3-6-16(10-14)24-2)23(19)11-17-7-4-8-25-17/h3-10H,11-12H2,1-2H3. The van der Waals surface area contributed by atoms with Gasteiger partial charge in [-0.2, -0.15) is 0 Å². The first-order valence-electron chi connectivity index (χ1n) is 8.38. The molecule has 0 N–H and O–H groups in total. The molecular formula is C19H18N4O3S. The zero-order chi connectivity index (χ0) is 18.6. The summed E-state index contributed by atoms with van der Waals surface area (Å²) in [6.45, 7) is 2.41. The van der Waals surface area contributed by atoms with Gasteiger partial charge in [-0.15, -0.1) is 10.2 Å². The third-order valence-corrected chi connectivity index (χ3v) is 4.97. The number of thioether (sulfide) groups is 1. The highest BCUT2D eigenvalue weighted by Crippen LogP contribution is 2.29. The van der Waals surface area contributed by atoms with Crippen LogP contribution in [0.2, 0.25) is 0 Å². The zero-order valence-corrected chi connectivity index (χ0v) is 15.8. The Bertz CT molecular complexity index is 1020. The maximum atomic E-state index is 5.53. The van der Waals surface area contributed by atoms with Crippen LogP contribution in [0.1, 0.15) is 17.2 Å². The van der Waals surface area contributed by atoms with Crippen LogP contribution in [0, 0.1) is 6.92 Å². The van der Waals surface area contributed by atoms with Gasteiger partial charge in [0.2, 0.25) is 0 Å². The summed E-state index contributed by atoms with van der Waals surface area (Å²) in [4.78, 5) is 0. The Morgan fingerprint density at radius 2 is 2.07 bits per heavy atom. The number of aromatic nitrogens is 4. The van der Waals surface area contributed by atoms with Gasteiger partial charge in [0.05, 0.1) is 25.6 Å². The van der Waals surface area contributed by atoms with Crippen LogP contribution in [-0.4, -0.2) is 27.0 Å². The number of hydrogen-bond acceptors (Lipinski definition) is 7. The quantitative estimate of drug-likeness (QED) is 0.444. The average Bonchev–Trinajstić information content (AvgIpc) is 3.43. The predicted octanol–water partition coefficient (Wildman–Crippen LogP) is 4.18. The second kappa shape index (κ2) is 7.71. The van der Waals surface area contributed by atoms with Crippen molar-refractivity contribution >= 4 is 11.8 Å². The first-order chi connectivity index (χ1) is 13.2. The summed E-state index contributed by atoms with van der Waals surface area (Å²) in [6.07, 6.45) is 1.66. The zero-order valence-electron chi connectivity index (χ0n) is 15.0. The van der Waals surface area contributed by atoms with Crippen LogP contribution in [0.4, 0.5) is 0 Å². The molecule has 3 aromatic heterocycles. The highest BCUT2D eigenvalue weighted by molar-refractivity contribution is 7.98. The second-order valence-corrected chi connectivity index (χ2v) is 6.86. The van der Waals surface area contributed by atoms with Gasteiger partial charge in [0, 0.05) is 17.4 Å². The van der Waals surface area contributed by atoms with Crippen molar-refractivity contribution in [2.75, 3.05) is 7.11 Å². The molecule has 7 nitrogen and oxygen atoms in total. The lowest BCUT2D eigenvalue weighted by Gasteiger charge is -2.09. The highest BCUT2D eigenvalue weighted by Gasteiger charge is 2.17. The molecule has 0 saturated heterocycles. The Balaban J connectivity index is 1.66. The molecule has 0 bridgehead atoms. The number of methoxy groups -OCH3 is 1. The fourth-order valence-corrected chi connectivity index (χ4v) is 3.52. The minimum absolute atomic E-state index is 0.534. The van der Waals surface area contributed by atoms with Gasteiger partial charge in [0.25, 0.3) is 0 Å². The molecule has 8 heteroatoms. The summed E-state index contributed by atoms with van der Waals surface area (Å²) >= 11 is 1.55. The lowest BCUT2D eigenvalue weighted by molar-refractivity contribution is 0.393. The first-order valence-corrected chi connectivity index (χ1v) is 9.36. The SMILES string of the molecule is COc1cccc(-c2nnc(SCc3cc(C)on3)n2Cc2ccco2)c1. The van der Waals surface area contributed by atoms with Crippen molar-refractivity contribution in [3.63, 3.8) is 0 Å². The van der Waals surface area contributed by atoms with E-state index in [0.29, 0.717) is 12.3 Å². The maximum absolute atomic E-state index is 5.53. The van der Waals surface area contributed by atoms with E-state index in [1.54, 1.807) is 25.1 Å². The second-order valence-electron chi connectivity index (χ2n) is 5.92. The van der Waals surface area contributed by atoms with Crippen LogP contribution in [0.25, 0.3) is 11.4 Å². The van der Waals surface area contributed by atoms with E-state index in [4.69, 9.17) is 13.7 Å². The molecule has 4 aromatic rings. The molecular weight excluding hydrogens is 364 g/mol. The Morgan fingerprint density at radius 3 is 2.81 bits per heavy atom. The summed E-state index contributed by atoms with van der Waals surface area (Å²) < 4.78 is 18.0. The average molecular weight is 382 g/mol. The van der Waals surface area contributed by atoms with Crippen molar-refractivity contribution in [1.82, 2.24) is 19.9 Å². The molecule has 27 heavy (non-hydrogen) atoms. The van der Waals surface area contributed by atoms with Crippen molar-refractivity contribution < 1.29 is 13.7 Å². The molecule has 1 aromatic carbocycles. The highest BCUT2D eigenvalue weighted by atomic mass is 32.2. The number of hydrogen-bond donors (Lipinski definition) is 0. The molecule has 0 unspecified atom stereocenters. The van der Waals surface area contributed by atoms with Crippen molar-refractivity contribution in [3.05, 3.63) is 65.9 Å². The lowest BCUT2D eigenvalue weighted by atomic mass is 10.2. The normalized spacial score (nSPS) is 11.0. The molecule has 0 fully saturated rings. The van der Waals surface area contributed by atoms with Gasteiger partial charge in [0.15, 0.2) is 11.0 Å². The number of aryl methyl sites for hydroxylation is 1. The Hall–Kier alpha value is -3.00. The molecule has 138 valence electrons. The van der Waals surface area contributed by atoms with Gasteiger partial charge in [-0.3, -0.25) is 4.57 Å². The molecule has 0 spiro atoms. The fourth-order valence-electron chi connectivity index (χ4n) is 2.70. The number of furan rings is 1. The Labute approximate surface area is 160 Å². The van der Waals surface area contributed by atoms with Crippen LogP contribution >= 0.6 is 11.8 Å². The van der Waals surface area contributed by atoms with E-state index in [0.717, 1.165) is 39.5 Å². The summed E-state index contributed by atoms with van der Waals surface area (Å²) in [5.41, 5.74) is 1.80. The molecule has 0 atom stereocenters. The van der Waals surface area contributed by atoms with Crippen LogP contribution in [0.3, 0.4) is 0 Å². The van der Waals surface area contributed by atoms with E-state index in [9.17, 15) is 0 Å². The van der Waals surface area contributed by atoms with Crippen LogP contribution in [0.5, 0.6) is 5.75 Å². The largest absolute Gasteiger partial charge is 0.497 e. The molecule has 0 amide bonds. The summed E-state index contributed by atoms with van der Waals surface area (Å²) in [5, 5.41) is 13.6. The minimum atomic E-state index is 0.534. The third-order valence-electron chi connectivity index (χ3n) is 3.96. The molecule has 0 aliphatic carbocycles. The van der Waals surface area contributed by atoms with E-state index in [-0.39, 0.29) is 0 Å². The Kier molecular flexibility index (Phi) is 4.97. The number of rotatable bonds is 7. The van der Waals surface area contributed by atoms with Crippen LogP contribution < -0.4 is 4.74 Å². The van der Waals surface area contributed by atoms with E-state index in [1.807, 2.05) is 54.0 Å². The molecule has 3 heterocycles. The maximum Gasteiger partial charge on any atom is 0.192 e. The number of benzene rings is 1. The number of nitrogens with zero attached hydrogens (tertiary/aromatic N) is 4. The van der Waals surface area contributed by atoms with Gasteiger partial charge in [-0.05, 0) is 31.2 Å². The van der Waals surface area contributed by atoms with E-state index in [2.05, 4.69) is 15.4 Å². The molecule has 0 aliphatic rings. The molecule has 4 rings (SSSR count). The van der Waals surface area contributed by atoms with Crippen molar-refractivity contribution in [1.29, 1.82) is 0 Å². The van der Waals surface area contributed by atoms with Gasteiger partial charge in [-0.25, -0.2) is 0 Å². The summed E-state index contributed by atoms with van der Waals surface area (Å²) in [6, 6.07) is 13.5. The number of ether oxygens (including phenoxy) is 1. The third kappa shape index (κ3) is 3.90. The van der Waals surface area contributed by atoms with E-state index < -0.39 is 0 Å². The van der Waals surface area contributed by atoms with Gasteiger partial charge in [-0.1, -0.05) is 29.1 Å². The van der Waals surface area contributed by atoms with E-state index in [1.165, 1.54) is 0 Å². The molecule has 0 aliphatic heterocycles. The first kappa shape index (κ1) is 17.4. The van der Waals surface area contributed by atoms with Crippen LogP contribution in [0.15, 0.2) is 62.8 Å². The molecule has 0 saturated carbocycles. The summed E-state index contributed by atoms with van der Waals surface area (Å²) in [7, 11) is 1.65. The van der Waals surface area contributed by atoms with Gasteiger partial charge < -0.3 is 13.7 Å². The van der Waals surface area contributed by atoms with Crippen molar-refractivity contribution in [2.45, 2.75) is 24.4 Å². The van der Waals surface area contributed by atoms with Crippen LogP contribution in [-0.2, 0) is 12.3 Å². The lowest BCUT2D eigenvalue weighted by Crippen LogP contribution is -2.03. The Morgan fingerprint density at radius 1 is 1.15 bits per heavy atom. The minimum Gasteiger partial charge on any atom is -0.497 e. The predicted molar refractivity (Wildman–Crippen MR) is 101 cm³/mol. The smallest absolute Gasteiger partial charge is 0.192 e. The summed E-state index contributed by atoms with van der Waals surface area (Å²) in [5.74, 6) is 3.79. The monoisotopic (exact) mass is 382 g/mol.